The molecule has 0 unspecified atom stereocenters. The van der Waals surface area contributed by atoms with Crippen LogP contribution in [0.25, 0.3) is 0 Å². The van der Waals surface area contributed by atoms with Crippen molar-refractivity contribution >= 4 is 24.8 Å². The molecule has 0 bridgehead atoms. The number of rotatable bonds is 0. The van der Waals surface area contributed by atoms with Gasteiger partial charge in [-0.1, -0.05) is 0 Å². The van der Waals surface area contributed by atoms with E-state index in [0.717, 1.165) is 0 Å². The largest absolute Gasteiger partial charge is 1.00 e. The number of hydrogen-bond acceptors (Lipinski definition) is 1. The molecule has 0 aromatic rings. The summed E-state index contributed by atoms with van der Waals surface area (Å²) in [6.45, 7) is 9.14. The van der Waals surface area contributed by atoms with Crippen LogP contribution in [0.5, 0.6) is 0 Å². The molecule has 1 fully saturated rings. The predicted molar refractivity (Wildman–Crippen MR) is 60.8 cm³/mol. The zero-order valence-corrected chi connectivity index (χ0v) is 14.7. The van der Waals surface area contributed by atoms with E-state index in [1.807, 2.05) is 0 Å². The smallest absolute Gasteiger partial charge is 1.00 e. The van der Waals surface area contributed by atoms with Gasteiger partial charge in [-0.2, -0.15) is 0 Å². The van der Waals surface area contributed by atoms with Crippen molar-refractivity contribution in [2.75, 3.05) is 0 Å². The minimum atomic E-state index is 0. The minimum Gasteiger partial charge on any atom is -1.00 e. The van der Waals surface area contributed by atoms with Crippen LogP contribution in [0.3, 0.4) is 0 Å². The fourth-order valence-electron chi connectivity index (χ4n) is 2.01. The summed E-state index contributed by atoms with van der Waals surface area (Å²) in [4.78, 5) is 0. The molecule has 0 amide bonds. The summed E-state index contributed by atoms with van der Waals surface area (Å²) in [6.07, 6.45) is 4.00. The van der Waals surface area contributed by atoms with Crippen LogP contribution in [0.15, 0.2) is 0 Å². The van der Waals surface area contributed by atoms with E-state index in [4.69, 9.17) is 0 Å². The third-order valence-corrected chi connectivity index (χ3v) is 2.28. The first kappa shape index (κ1) is 24.8. The maximum absolute atomic E-state index is 3.63. The quantitative estimate of drug-likeness (QED) is 0.631. The van der Waals surface area contributed by atoms with Crippen LogP contribution < -0.4 is 24.2 Å². The Labute approximate surface area is 127 Å². The number of nitrogens with one attached hydrogen (secondary N) is 1. The van der Waals surface area contributed by atoms with Gasteiger partial charge in [0.25, 0.3) is 0 Å². The van der Waals surface area contributed by atoms with Gasteiger partial charge in [-0.15, -0.1) is 24.8 Å². The standard InChI is InChI=1S/C9H19N.2ClH.Li.Zn.H/c1-8(2)6-5-7-9(3,4)10-8;;;;;/h10H,5-7H2,1-4H3;2*1H;;;/q;;;+1;;-1. The maximum atomic E-state index is 3.63. The van der Waals surface area contributed by atoms with Crippen LogP contribution in [-0.4, -0.2) is 11.1 Å². The Hall–Kier alpha value is 1.76. The van der Waals surface area contributed by atoms with Crippen molar-refractivity contribution in [2.24, 2.45) is 0 Å². The average Bonchev–Trinajstić information content (AvgIpc) is 1.56. The summed E-state index contributed by atoms with van der Waals surface area (Å²) in [6, 6.07) is 0. The van der Waals surface area contributed by atoms with E-state index in [2.05, 4.69) is 33.0 Å². The molecule has 1 nitrogen and oxygen atoms in total. The van der Waals surface area contributed by atoms with Gasteiger partial charge in [0, 0.05) is 30.6 Å². The maximum Gasteiger partial charge on any atom is 1.00 e. The second-order valence-corrected chi connectivity index (χ2v) is 4.75. The van der Waals surface area contributed by atoms with Crippen molar-refractivity contribution in [3.63, 3.8) is 0 Å². The molecular weight excluding hydrogens is 265 g/mol. The first-order chi connectivity index (χ1) is 4.41. The summed E-state index contributed by atoms with van der Waals surface area (Å²) in [5, 5.41) is 3.63. The van der Waals surface area contributed by atoms with Gasteiger partial charge in [0.05, 0.1) is 0 Å². The van der Waals surface area contributed by atoms with Crippen LogP contribution >= 0.6 is 24.8 Å². The van der Waals surface area contributed by atoms with Gasteiger partial charge < -0.3 is 6.74 Å². The number of hydrogen-bond donors (Lipinski definition) is 1. The van der Waals surface area contributed by atoms with E-state index in [0.29, 0.717) is 11.1 Å². The van der Waals surface area contributed by atoms with Crippen molar-refractivity contribution in [1.82, 2.24) is 5.32 Å². The summed E-state index contributed by atoms with van der Waals surface area (Å²) in [7, 11) is 0. The third-order valence-electron chi connectivity index (χ3n) is 2.28. The second-order valence-electron chi connectivity index (χ2n) is 4.75. The predicted octanol–water partition coefficient (Wildman–Crippen LogP) is 0.275. The summed E-state index contributed by atoms with van der Waals surface area (Å²) in [5.41, 5.74) is 0.726. The monoisotopic (exact) mass is 285 g/mol. The van der Waals surface area contributed by atoms with Crippen molar-refractivity contribution in [3.8, 4) is 0 Å². The molecule has 1 rings (SSSR count). The molecule has 0 aromatic carbocycles. The Kier molecular flexibility index (Phi) is 15.7. The summed E-state index contributed by atoms with van der Waals surface area (Å²) in [5.74, 6) is 0. The van der Waals surface area contributed by atoms with Gasteiger partial charge in [0.15, 0.2) is 0 Å². The van der Waals surface area contributed by atoms with Crippen LogP contribution in [0.1, 0.15) is 48.4 Å². The van der Waals surface area contributed by atoms with E-state index in [9.17, 15) is 0 Å². The topological polar surface area (TPSA) is 12.0 Å². The Morgan fingerprint density at radius 2 is 1.21 bits per heavy atom. The molecule has 0 atom stereocenters. The van der Waals surface area contributed by atoms with E-state index in [1.165, 1.54) is 19.3 Å². The number of halogens is 2. The van der Waals surface area contributed by atoms with E-state index in [1.54, 1.807) is 0 Å². The van der Waals surface area contributed by atoms with Crippen LogP contribution in [0.4, 0.5) is 0 Å². The Morgan fingerprint density at radius 1 is 0.929 bits per heavy atom. The Bertz CT molecular complexity index is 134. The molecule has 1 N–H and O–H groups in total. The van der Waals surface area contributed by atoms with Gasteiger partial charge in [-0.05, 0) is 47.0 Å². The molecule has 80 valence electrons. The van der Waals surface area contributed by atoms with E-state index >= 15 is 0 Å². The molecule has 5 heteroatoms. The number of piperidine rings is 1. The first-order valence-electron chi connectivity index (χ1n) is 4.21. The molecule has 0 radical (unpaired) electrons. The normalized spacial score (nSPS) is 21.4. The summed E-state index contributed by atoms with van der Waals surface area (Å²) >= 11 is 0. The van der Waals surface area contributed by atoms with Gasteiger partial charge in [-0.3, -0.25) is 0 Å². The molecule has 0 aliphatic carbocycles. The van der Waals surface area contributed by atoms with Crippen molar-refractivity contribution in [1.29, 1.82) is 0 Å². The fourth-order valence-corrected chi connectivity index (χ4v) is 2.01. The molecule has 1 heterocycles. The first-order valence-corrected chi connectivity index (χ1v) is 4.21. The zero-order chi connectivity index (χ0) is 7.83. The van der Waals surface area contributed by atoms with Crippen molar-refractivity contribution in [2.45, 2.75) is 58.0 Å². The van der Waals surface area contributed by atoms with Gasteiger partial charge in [0.1, 0.15) is 0 Å². The molecule has 14 heavy (non-hydrogen) atoms. The fraction of sp³-hybridized carbons (Fsp3) is 1.00. The molecule has 1 saturated heterocycles. The minimum absolute atomic E-state index is 0. The van der Waals surface area contributed by atoms with Gasteiger partial charge >= 0.3 is 18.9 Å². The van der Waals surface area contributed by atoms with Crippen LogP contribution in [-0.2, 0) is 19.5 Å². The second kappa shape index (κ2) is 8.86. The Balaban J connectivity index is -0.0000000667. The van der Waals surface area contributed by atoms with Gasteiger partial charge in [-0.25, -0.2) is 0 Å². The van der Waals surface area contributed by atoms with Gasteiger partial charge in [0.2, 0.25) is 0 Å². The molecular formula is C9H22Cl2LiNZn. The summed E-state index contributed by atoms with van der Waals surface area (Å²) < 4.78 is 0. The Morgan fingerprint density at radius 3 is 1.36 bits per heavy atom. The molecule has 0 spiro atoms. The van der Waals surface area contributed by atoms with Crippen molar-refractivity contribution in [3.05, 3.63) is 0 Å². The third kappa shape index (κ3) is 9.02. The molecule has 0 saturated carbocycles. The SMILES string of the molecule is CC1(C)CCCC(C)(C)N1.Cl.Cl.[H-].[Li+].[Zn]. The molecule has 1 aliphatic heterocycles. The zero-order valence-electron chi connectivity index (χ0n) is 11.1. The average molecular weight is 288 g/mol. The van der Waals surface area contributed by atoms with Crippen molar-refractivity contribution < 1.29 is 39.8 Å². The van der Waals surface area contributed by atoms with Crippen LogP contribution in [0.2, 0.25) is 0 Å². The molecule has 0 aromatic heterocycles. The van der Waals surface area contributed by atoms with E-state index < -0.39 is 0 Å². The molecule has 1 aliphatic rings. The van der Waals surface area contributed by atoms with E-state index in [-0.39, 0.29) is 64.6 Å². The van der Waals surface area contributed by atoms with Crippen LogP contribution in [0, 0.1) is 0 Å².